The molecule has 2 saturated heterocycles. The third-order valence-corrected chi connectivity index (χ3v) is 3.67. The molecule has 3 aliphatic rings. The summed E-state index contributed by atoms with van der Waals surface area (Å²) in [5, 5.41) is 0. The quantitative estimate of drug-likeness (QED) is 0.539. The van der Waals surface area contributed by atoms with Crippen LogP contribution in [0.3, 0.4) is 0 Å². The van der Waals surface area contributed by atoms with Crippen LogP contribution in [0.25, 0.3) is 0 Å². The Hall–Kier alpha value is -1.04. The smallest absolute Gasteiger partial charge is 0.586 e. The molecule has 0 N–H and O–H groups in total. The third kappa shape index (κ3) is 0.797. The van der Waals surface area contributed by atoms with Crippen LogP contribution >= 0.6 is 0 Å². The minimum atomic E-state index is -1.69. The van der Waals surface area contributed by atoms with Gasteiger partial charge in [0.05, 0.1) is 0 Å². The maximum absolute atomic E-state index is 11.3. The molecule has 2 aliphatic heterocycles. The van der Waals surface area contributed by atoms with Crippen molar-refractivity contribution < 1.29 is 23.3 Å². The third-order valence-electron chi connectivity index (χ3n) is 3.67. The van der Waals surface area contributed by atoms with Gasteiger partial charge >= 0.3 is 18.6 Å². The predicted molar refractivity (Wildman–Crippen MR) is 46.8 cm³/mol. The lowest BCUT2D eigenvalue weighted by molar-refractivity contribution is -0.794. The van der Waals surface area contributed by atoms with Crippen molar-refractivity contribution >= 4 is 18.6 Å². The summed E-state index contributed by atoms with van der Waals surface area (Å²) in [5.74, 6) is -0.184. The van der Waals surface area contributed by atoms with E-state index in [1.807, 2.05) is 7.05 Å². The molecule has 76 valence electrons. The molecule has 0 amide bonds. The molecule has 0 spiro atoms. The van der Waals surface area contributed by atoms with Gasteiger partial charge in [0.2, 0.25) is 0 Å². The number of nitrogens with zero attached hydrogens (tertiary/aromatic N) is 1. The van der Waals surface area contributed by atoms with E-state index < -0.39 is 6.69 Å². The molecule has 14 heavy (non-hydrogen) atoms. The second kappa shape index (κ2) is 2.13. The molecule has 1 saturated carbocycles. The highest BCUT2D eigenvalue weighted by Crippen LogP contribution is 2.53. The van der Waals surface area contributed by atoms with Crippen molar-refractivity contribution in [2.24, 2.45) is 0 Å². The molecule has 0 aromatic rings. The molecule has 0 radical (unpaired) electrons. The minimum Gasteiger partial charge on any atom is -0.600 e. The van der Waals surface area contributed by atoms with Gasteiger partial charge < -0.3 is 13.7 Å². The summed E-state index contributed by atoms with van der Waals surface area (Å²) in [6.45, 7) is -1.13. The van der Waals surface area contributed by atoms with Gasteiger partial charge in [0, 0.05) is 7.05 Å². The second-order valence-corrected chi connectivity index (χ2v) is 4.84. The Morgan fingerprint density at radius 2 is 1.71 bits per heavy atom. The molecule has 6 heteroatoms. The summed E-state index contributed by atoms with van der Waals surface area (Å²) in [6, 6.07) is 0. The summed E-state index contributed by atoms with van der Waals surface area (Å²) >= 11 is 0. The zero-order valence-electron chi connectivity index (χ0n) is 8.06. The van der Waals surface area contributed by atoms with Crippen LogP contribution in [0.4, 0.5) is 0 Å². The van der Waals surface area contributed by atoms with Crippen LogP contribution in [0, 0.1) is 0 Å². The average molecular weight is 197 g/mol. The Kier molecular flexibility index (Phi) is 1.26. The summed E-state index contributed by atoms with van der Waals surface area (Å²) in [5.41, 5.74) is 0. The average Bonchev–Trinajstić information content (AvgIpc) is 2.75. The van der Waals surface area contributed by atoms with Gasteiger partial charge in [-0.15, -0.1) is 0 Å². The highest BCUT2D eigenvalue weighted by molar-refractivity contribution is 6.68. The molecule has 1 aliphatic carbocycles. The van der Waals surface area contributed by atoms with Crippen molar-refractivity contribution in [1.82, 2.24) is 0 Å². The van der Waals surface area contributed by atoms with E-state index in [4.69, 9.17) is 9.31 Å². The van der Waals surface area contributed by atoms with Gasteiger partial charge in [-0.2, -0.15) is 0 Å². The first kappa shape index (κ1) is 8.29. The van der Waals surface area contributed by atoms with Crippen LogP contribution in [0.15, 0.2) is 0 Å². The van der Waals surface area contributed by atoms with Crippen LogP contribution in [-0.4, -0.2) is 43.2 Å². The molecular formula is C8H12BNO4. The molecule has 3 fully saturated rings. The first-order chi connectivity index (χ1) is 6.56. The van der Waals surface area contributed by atoms with E-state index in [-0.39, 0.29) is 30.8 Å². The molecule has 0 bridgehead atoms. The van der Waals surface area contributed by atoms with Gasteiger partial charge in [-0.3, -0.25) is 9.59 Å². The topological polar surface area (TPSA) is 52.6 Å². The summed E-state index contributed by atoms with van der Waals surface area (Å²) in [7, 11) is 1.88. The Morgan fingerprint density at radius 1 is 1.21 bits per heavy atom. The monoisotopic (exact) mass is 197 g/mol. The van der Waals surface area contributed by atoms with E-state index in [0.29, 0.717) is 4.39 Å². The molecule has 2 heterocycles. The second-order valence-electron chi connectivity index (χ2n) is 4.84. The predicted octanol–water partition coefficient (Wildman–Crippen LogP) is -0.351. The summed E-state index contributed by atoms with van der Waals surface area (Å²) in [4.78, 5) is 22.6. The van der Waals surface area contributed by atoms with Gasteiger partial charge in [0.15, 0.2) is 0 Å². The molecule has 5 nitrogen and oxygen atoms in total. The number of fused-ring (bicyclic) bond motifs is 1. The molecular weight excluding hydrogens is 185 g/mol. The van der Waals surface area contributed by atoms with E-state index in [0.717, 1.165) is 12.8 Å². The van der Waals surface area contributed by atoms with E-state index in [1.165, 1.54) is 0 Å². The Morgan fingerprint density at radius 3 is 2.14 bits per heavy atom. The van der Waals surface area contributed by atoms with Crippen molar-refractivity contribution in [2.45, 2.75) is 18.7 Å². The van der Waals surface area contributed by atoms with Gasteiger partial charge in [0.1, 0.15) is 13.1 Å². The molecule has 3 rings (SSSR count). The lowest BCUT2D eigenvalue weighted by atomic mass is 9.62. The van der Waals surface area contributed by atoms with Crippen molar-refractivity contribution in [1.29, 1.82) is 0 Å². The zero-order valence-corrected chi connectivity index (χ0v) is 8.06. The van der Waals surface area contributed by atoms with Gasteiger partial charge in [0.25, 0.3) is 0 Å². The Bertz CT molecular complexity index is 318. The fraction of sp³-hybridized carbons (Fsp3) is 0.750. The van der Waals surface area contributed by atoms with Gasteiger partial charge in [-0.1, -0.05) is 12.8 Å². The van der Waals surface area contributed by atoms with Crippen molar-refractivity contribution in [3.05, 3.63) is 0 Å². The van der Waals surface area contributed by atoms with Crippen LogP contribution in [-0.2, 0) is 18.9 Å². The fourth-order valence-corrected chi connectivity index (χ4v) is 2.85. The van der Waals surface area contributed by atoms with Crippen LogP contribution in [0.5, 0.6) is 0 Å². The van der Waals surface area contributed by atoms with Crippen molar-refractivity contribution in [3.8, 4) is 0 Å². The van der Waals surface area contributed by atoms with E-state index in [2.05, 4.69) is 0 Å². The SMILES string of the molecule is C[N+]12CC(=O)O[B-]1(C1CC1)OC(=O)C2. The first-order valence-electron chi connectivity index (χ1n) is 4.98. The summed E-state index contributed by atoms with van der Waals surface area (Å²) in [6.07, 6.45) is 2.02. The highest BCUT2D eigenvalue weighted by atomic mass is 16.7. The van der Waals surface area contributed by atoms with Crippen molar-refractivity contribution in [3.63, 3.8) is 0 Å². The molecule has 0 aromatic carbocycles. The standard InChI is InChI=1S/C8H12BNO4/c1-10-4-7(11)13-9(10,6-2-3-6)14-8(12)5-10/h6H,2-5H2,1H3. The van der Waals surface area contributed by atoms with Crippen LogP contribution < -0.4 is 0 Å². The Balaban J connectivity index is 2.05. The number of hydrogen-bond acceptors (Lipinski definition) is 4. The summed E-state index contributed by atoms with van der Waals surface area (Å²) < 4.78 is 11.0. The number of carbonyl (C=O) groups is 2. The van der Waals surface area contributed by atoms with Crippen LogP contribution in [0.2, 0.25) is 5.82 Å². The molecule has 0 aromatic heterocycles. The van der Waals surface area contributed by atoms with Gasteiger partial charge in [-0.25, -0.2) is 0 Å². The van der Waals surface area contributed by atoms with E-state index >= 15 is 0 Å². The fourth-order valence-electron chi connectivity index (χ4n) is 2.85. The molecule has 0 unspecified atom stereocenters. The highest BCUT2D eigenvalue weighted by Gasteiger charge is 2.71. The number of hydrogen-bond donors (Lipinski definition) is 0. The number of quaternary nitrogens is 1. The zero-order chi connectivity index (χ0) is 9.97. The van der Waals surface area contributed by atoms with Crippen molar-refractivity contribution in [2.75, 3.05) is 20.1 Å². The number of rotatable bonds is 1. The van der Waals surface area contributed by atoms with Gasteiger partial charge in [-0.05, 0) is 5.82 Å². The maximum atomic E-state index is 11.3. The number of carbonyl (C=O) groups excluding carboxylic acids is 2. The lowest BCUT2D eigenvalue weighted by Gasteiger charge is -2.39. The van der Waals surface area contributed by atoms with E-state index in [9.17, 15) is 9.59 Å². The largest absolute Gasteiger partial charge is 0.600 e. The first-order valence-corrected chi connectivity index (χ1v) is 4.98. The normalized spacial score (nSPS) is 46.1. The lowest BCUT2D eigenvalue weighted by Crippen LogP contribution is -2.60. The molecule has 0 atom stereocenters. The number of likely N-dealkylation sites (N-methyl/N-ethyl adjacent to an activating group) is 1. The van der Waals surface area contributed by atoms with E-state index in [1.54, 1.807) is 0 Å². The Labute approximate surface area is 81.5 Å². The minimum absolute atomic E-state index is 0.230. The van der Waals surface area contributed by atoms with Crippen LogP contribution in [0.1, 0.15) is 12.8 Å². The maximum Gasteiger partial charge on any atom is 0.586 e.